The molecule has 0 amide bonds. The van der Waals surface area contributed by atoms with Gasteiger partial charge in [-0.2, -0.15) is 13.2 Å². The van der Waals surface area contributed by atoms with Gasteiger partial charge in [-0.15, -0.1) is 0 Å². The Kier molecular flexibility index (Phi) is 4.02. The van der Waals surface area contributed by atoms with E-state index >= 15 is 0 Å². The molecule has 21 heavy (non-hydrogen) atoms. The average Bonchev–Trinajstić information content (AvgIpc) is 2.80. The number of halogens is 3. The fraction of sp³-hybridized carbons (Fsp3) is 0.533. The maximum atomic E-state index is 12.8. The molecule has 6 heteroatoms. The third-order valence-electron chi connectivity index (χ3n) is 4.32. The number of carboxylic acid groups (broad SMARTS) is 1. The topological polar surface area (TPSA) is 40.5 Å². The fourth-order valence-corrected chi connectivity index (χ4v) is 2.99. The largest absolute Gasteiger partial charge is 0.480 e. The maximum Gasteiger partial charge on any atom is 0.416 e. The summed E-state index contributed by atoms with van der Waals surface area (Å²) >= 11 is 0. The second-order valence-corrected chi connectivity index (χ2v) is 5.68. The van der Waals surface area contributed by atoms with E-state index in [0.29, 0.717) is 18.5 Å². The minimum Gasteiger partial charge on any atom is -0.480 e. The zero-order chi connectivity index (χ0) is 15.8. The van der Waals surface area contributed by atoms with E-state index in [4.69, 9.17) is 0 Å². The highest BCUT2D eigenvalue weighted by Gasteiger charge is 2.45. The van der Waals surface area contributed by atoms with Crippen LogP contribution in [0.25, 0.3) is 0 Å². The first-order chi connectivity index (χ1) is 9.66. The lowest BCUT2D eigenvalue weighted by atomic mass is 9.95. The van der Waals surface area contributed by atoms with Gasteiger partial charge in [0.05, 0.1) is 5.56 Å². The SMILES string of the molecule is CC(c1cccc(C(F)(F)F)c1)N1CCCC1(C)C(=O)O. The molecule has 1 saturated heterocycles. The molecule has 3 nitrogen and oxygen atoms in total. The van der Waals surface area contributed by atoms with Gasteiger partial charge >= 0.3 is 12.1 Å². The maximum absolute atomic E-state index is 12.8. The first kappa shape index (κ1) is 15.8. The van der Waals surface area contributed by atoms with Gasteiger partial charge in [-0.05, 0) is 50.9 Å². The number of nitrogens with zero attached hydrogens (tertiary/aromatic N) is 1. The first-order valence-corrected chi connectivity index (χ1v) is 6.83. The van der Waals surface area contributed by atoms with Crippen molar-refractivity contribution in [2.45, 2.75) is 44.4 Å². The molecule has 1 aromatic carbocycles. The minimum atomic E-state index is -4.39. The molecule has 0 bridgehead atoms. The lowest BCUT2D eigenvalue weighted by molar-refractivity contribution is -0.150. The molecule has 1 N–H and O–H groups in total. The van der Waals surface area contributed by atoms with Gasteiger partial charge in [-0.1, -0.05) is 12.1 Å². The quantitative estimate of drug-likeness (QED) is 0.925. The normalized spacial score (nSPS) is 25.0. The second-order valence-electron chi connectivity index (χ2n) is 5.68. The smallest absolute Gasteiger partial charge is 0.416 e. The van der Waals surface area contributed by atoms with E-state index in [0.717, 1.165) is 18.6 Å². The van der Waals surface area contributed by atoms with Crippen molar-refractivity contribution >= 4 is 5.97 Å². The number of hydrogen-bond acceptors (Lipinski definition) is 2. The number of aliphatic carboxylic acids is 1. The van der Waals surface area contributed by atoms with E-state index in [-0.39, 0.29) is 6.04 Å². The van der Waals surface area contributed by atoms with Gasteiger partial charge in [0.25, 0.3) is 0 Å². The molecular formula is C15H18F3NO2. The third-order valence-corrected chi connectivity index (χ3v) is 4.32. The molecule has 2 atom stereocenters. The van der Waals surface area contributed by atoms with Crippen LogP contribution in [0.1, 0.15) is 43.9 Å². The molecule has 2 unspecified atom stereocenters. The second kappa shape index (κ2) is 5.33. The first-order valence-electron chi connectivity index (χ1n) is 6.83. The summed E-state index contributed by atoms with van der Waals surface area (Å²) in [5.41, 5.74) is -1.24. The van der Waals surface area contributed by atoms with Crippen LogP contribution in [-0.4, -0.2) is 28.1 Å². The zero-order valence-electron chi connectivity index (χ0n) is 11.9. The van der Waals surface area contributed by atoms with Gasteiger partial charge in [0.2, 0.25) is 0 Å². The minimum absolute atomic E-state index is 0.379. The van der Waals surface area contributed by atoms with Crippen LogP contribution < -0.4 is 0 Å². The van der Waals surface area contributed by atoms with Crippen LogP contribution in [0, 0.1) is 0 Å². The average molecular weight is 301 g/mol. The van der Waals surface area contributed by atoms with Gasteiger partial charge in [0, 0.05) is 6.04 Å². The van der Waals surface area contributed by atoms with E-state index < -0.39 is 23.2 Å². The highest BCUT2D eigenvalue weighted by molar-refractivity contribution is 5.78. The fourth-order valence-electron chi connectivity index (χ4n) is 2.99. The number of carboxylic acids is 1. The predicted octanol–water partition coefficient (Wildman–Crippen LogP) is 3.71. The molecule has 1 fully saturated rings. The summed E-state index contributed by atoms with van der Waals surface area (Å²) in [6.45, 7) is 3.95. The lowest BCUT2D eigenvalue weighted by Crippen LogP contribution is -2.48. The van der Waals surface area contributed by atoms with Crippen LogP contribution in [0.3, 0.4) is 0 Å². The van der Waals surface area contributed by atoms with Gasteiger partial charge in [-0.3, -0.25) is 9.69 Å². The number of likely N-dealkylation sites (tertiary alicyclic amines) is 1. The van der Waals surface area contributed by atoms with Crippen LogP contribution in [0.15, 0.2) is 24.3 Å². The summed E-state index contributed by atoms with van der Waals surface area (Å²) in [4.78, 5) is 13.2. The Labute approximate surface area is 121 Å². The number of carbonyl (C=O) groups is 1. The Hall–Kier alpha value is -1.56. The van der Waals surface area contributed by atoms with Crippen molar-refractivity contribution in [3.63, 3.8) is 0 Å². The summed E-state index contributed by atoms with van der Waals surface area (Å²) < 4.78 is 38.3. The Bertz CT molecular complexity index is 544. The monoisotopic (exact) mass is 301 g/mol. The molecule has 1 aromatic rings. The standard InChI is InChI=1S/C15H18F3NO2/c1-10(19-8-4-7-14(19,2)13(20)21)11-5-3-6-12(9-11)15(16,17)18/h3,5-6,9-10H,4,7-8H2,1-2H3,(H,20,21). The van der Waals surface area contributed by atoms with E-state index in [2.05, 4.69) is 0 Å². The number of alkyl halides is 3. The van der Waals surface area contributed by atoms with E-state index in [1.165, 1.54) is 6.07 Å². The molecule has 0 aliphatic carbocycles. The lowest BCUT2D eigenvalue weighted by Gasteiger charge is -2.36. The van der Waals surface area contributed by atoms with Crippen LogP contribution in [-0.2, 0) is 11.0 Å². The van der Waals surface area contributed by atoms with Crippen LogP contribution in [0.5, 0.6) is 0 Å². The highest BCUT2D eigenvalue weighted by Crippen LogP contribution is 2.38. The van der Waals surface area contributed by atoms with Gasteiger partial charge in [0.15, 0.2) is 0 Å². The molecule has 0 spiro atoms. The Balaban J connectivity index is 2.32. The van der Waals surface area contributed by atoms with Crippen LogP contribution >= 0.6 is 0 Å². The Morgan fingerprint density at radius 2 is 2.10 bits per heavy atom. The van der Waals surface area contributed by atoms with Gasteiger partial charge in [-0.25, -0.2) is 0 Å². The van der Waals surface area contributed by atoms with Crippen molar-refractivity contribution in [2.24, 2.45) is 0 Å². The number of benzene rings is 1. The number of hydrogen-bond donors (Lipinski definition) is 1. The zero-order valence-corrected chi connectivity index (χ0v) is 11.9. The molecule has 2 rings (SSSR count). The van der Waals surface area contributed by atoms with Crippen molar-refractivity contribution < 1.29 is 23.1 Å². The molecule has 1 heterocycles. The van der Waals surface area contributed by atoms with Crippen LogP contribution in [0.2, 0.25) is 0 Å². The predicted molar refractivity (Wildman–Crippen MR) is 71.8 cm³/mol. The van der Waals surface area contributed by atoms with E-state index in [1.807, 2.05) is 0 Å². The molecule has 0 saturated carbocycles. The van der Waals surface area contributed by atoms with E-state index in [1.54, 1.807) is 24.8 Å². The highest BCUT2D eigenvalue weighted by atomic mass is 19.4. The third kappa shape index (κ3) is 2.90. The molecule has 0 radical (unpaired) electrons. The van der Waals surface area contributed by atoms with E-state index in [9.17, 15) is 23.1 Å². The molecule has 116 valence electrons. The number of rotatable bonds is 3. The van der Waals surface area contributed by atoms with Crippen LogP contribution in [0.4, 0.5) is 13.2 Å². The van der Waals surface area contributed by atoms with Gasteiger partial charge < -0.3 is 5.11 Å². The van der Waals surface area contributed by atoms with Crippen molar-refractivity contribution in [3.8, 4) is 0 Å². The Morgan fingerprint density at radius 1 is 1.43 bits per heavy atom. The molecule has 0 aromatic heterocycles. The van der Waals surface area contributed by atoms with Crippen molar-refractivity contribution in [1.82, 2.24) is 4.90 Å². The summed E-state index contributed by atoms with van der Waals surface area (Å²) in [6.07, 6.45) is -3.16. The summed E-state index contributed by atoms with van der Waals surface area (Å²) in [5.74, 6) is -0.932. The van der Waals surface area contributed by atoms with Crippen molar-refractivity contribution in [3.05, 3.63) is 35.4 Å². The summed E-state index contributed by atoms with van der Waals surface area (Å²) in [6, 6.07) is 4.72. The van der Waals surface area contributed by atoms with Crippen molar-refractivity contribution in [2.75, 3.05) is 6.54 Å². The summed E-state index contributed by atoms with van der Waals surface area (Å²) in [5, 5.41) is 9.40. The van der Waals surface area contributed by atoms with Gasteiger partial charge in [0.1, 0.15) is 5.54 Å². The summed E-state index contributed by atoms with van der Waals surface area (Å²) in [7, 11) is 0. The Morgan fingerprint density at radius 3 is 2.67 bits per heavy atom. The molecular weight excluding hydrogens is 283 g/mol. The van der Waals surface area contributed by atoms with Crippen molar-refractivity contribution in [1.29, 1.82) is 0 Å². The molecule has 1 aliphatic heterocycles. The molecule has 1 aliphatic rings.